The van der Waals surface area contributed by atoms with E-state index in [4.69, 9.17) is 26.6 Å². The van der Waals surface area contributed by atoms with Crippen LogP contribution in [0.5, 0.6) is 0 Å². The molecule has 1 fully saturated rings. The van der Waals surface area contributed by atoms with Crippen molar-refractivity contribution in [2.45, 2.75) is 46.1 Å². The van der Waals surface area contributed by atoms with Gasteiger partial charge in [-0.15, -0.1) is 0 Å². The van der Waals surface area contributed by atoms with E-state index >= 15 is 0 Å². The van der Waals surface area contributed by atoms with Gasteiger partial charge in [0.05, 0.1) is 12.9 Å². The number of rotatable bonds is 11. The molecule has 2 aromatic heterocycles. The maximum Gasteiger partial charge on any atom is 0.321 e. The van der Waals surface area contributed by atoms with Gasteiger partial charge in [0.25, 0.3) is 0 Å². The van der Waals surface area contributed by atoms with Crippen LogP contribution in [0.15, 0.2) is 60.9 Å². The summed E-state index contributed by atoms with van der Waals surface area (Å²) < 4.78 is 2.09. The molecule has 1 atom stereocenters. The second-order valence-corrected chi connectivity index (χ2v) is 11.1. The number of hydrogen-bond donors (Lipinski definition) is 2. The average Bonchev–Trinajstić information content (AvgIpc) is 3.40. The van der Waals surface area contributed by atoms with Crippen LogP contribution in [-0.4, -0.2) is 63.2 Å². The Kier molecular flexibility index (Phi) is 9.56. The topological polar surface area (TPSA) is 91.2 Å². The molecule has 0 bridgehead atoms. The third-order valence-corrected chi connectivity index (χ3v) is 7.91. The molecule has 1 aliphatic rings. The molecule has 1 saturated heterocycles. The molecular weight excluding hydrogens is 536 g/mol. The Balaban J connectivity index is 1.34. The number of hydrogen-bond acceptors (Lipinski definition) is 6. The van der Waals surface area contributed by atoms with Gasteiger partial charge >= 0.3 is 6.03 Å². The highest BCUT2D eigenvalue weighted by Gasteiger charge is 2.25. The molecule has 0 aliphatic carbocycles. The first-order chi connectivity index (χ1) is 20.0. The van der Waals surface area contributed by atoms with Crippen LogP contribution in [0, 0.1) is 5.92 Å². The first-order valence-corrected chi connectivity index (χ1v) is 15.0. The lowest BCUT2D eigenvalue weighted by Gasteiger charge is -2.34. The smallest absolute Gasteiger partial charge is 0.321 e. The maximum atomic E-state index is 12.9. The van der Waals surface area contributed by atoms with Gasteiger partial charge in [0.2, 0.25) is 5.95 Å². The van der Waals surface area contributed by atoms with Crippen molar-refractivity contribution < 1.29 is 4.79 Å². The lowest BCUT2D eigenvalue weighted by atomic mass is 9.99. The van der Waals surface area contributed by atoms with E-state index in [0.717, 1.165) is 29.9 Å². The number of piperazine rings is 1. The minimum absolute atomic E-state index is 0.135. The summed E-state index contributed by atoms with van der Waals surface area (Å²) in [6.45, 7) is 8.41. The van der Waals surface area contributed by atoms with Crippen LogP contribution in [0.4, 0.5) is 22.2 Å². The van der Waals surface area contributed by atoms with Crippen molar-refractivity contribution in [3.05, 3.63) is 71.5 Å². The SMILES string of the molecule is CCCCC(CC)CNc1nc(N2CCN(C(=O)Nc3cccc(Cl)c3)CC2)nc2c1ncn2Cc1ccccc1. The van der Waals surface area contributed by atoms with Crippen LogP contribution in [0.25, 0.3) is 11.2 Å². The Hall–Kier alpha value is -3.85. The van der Waals surface area contributed by atoms with Crippen LogP contribution < -0.4 is 15.5 Å². The quantitative estimate of drug-likeness (QED) is 0.212. The number of fused-ring (bicyclic) bond motifs is 1. The number of benzene rings is 2. The number of carbonyl (C=O) groups is 1. The van der Waals surface area contributed by atoms with Crippen LogP contribution in [-0.2, 0) is 6.54 Å². The van der Waals surface area contributed by atoms with E-state index < -0.39 is 0 Å². The fourth-order valence-electron chi connectivity index (χ4n) is 5.16. The molecule has 3 heterocycles. The fourth-order valence-corrected chi connectivity index (χ4v) is 5.35. The summed E-state index contributed by atoms with van der Waals surface area (Å²) in [7, 11) is 0. The minimum atomic E-state index is -0.135. The summed E-state index contributed by atoms with van der Waals surface area (Å²) in [5.41, 5.74) is 3.47. The largest absolute Gasteiger partial charge is 0.368 e. The number of unbranched alkanes of at least 4 members (excludes halogenated alkanes) is 1. The van der Waals surface area contributed by atoms with E-state index in [-0.39, 0.29) is 6.03 Å². The molecule has 2 aromatic carbocycles. The van der Waals surface area contributed by atoms with E-state index in [9.17, 15) is 4.79 Å². The minimum Gasteiger partial charge on any atom is -0.368 e. The van der Waals surface area contributed by atoms with Gasteiger partial charge < -0.3 is 25.0 Å². The van der Waals surface area contributed by atoms with Crippen molar-refractivity contribution >= 4 is 46.2 Å². The zero-order valence-corrected chi connectivity index (χ0v) is 24.6. The highest BCUT2D eigenvalue weighted by Crippen LogP contribution is 2.25. The molecule has 9 nitrogen and oxygen atoms in total. The van der Waals surface area contributed by atoms with Gasteiger partial charge in [-0.3, -0.25) is 0 Å². The van der Waals surface area contributed by atoms with Crippen LogP contribution in [0.1, 0.15) is 45.1 Å². The average molecular weight is 575 g/mol. The van der Waals surface area contributed by atoms with Gasteiger partial charge in [-0.1, -0.05) is 81.1 Å². The lowest BCUT2D eigenvalue weighted by molar-refractivity contribution is 0.208. The number of halogens is 1. The van der Waals surface area contributed by atoms with E-state index in [1.54, 1.807) is 12.1 Å². The van der Waals surface area contributed by atoms with Gasteiger partial charge in [-0.2, -0.15) is 9.97 Å². The predicted octanol–water partition coefficient (Wildman–Crippen LogP) is 6.51. The van der Waals surface area contributed by atoms with Crippen molar-refractivity contribution in [3.8, 4) is 0 Å². The Morgan fingerprint density at radius 1 is 1.02 bits per heavy atom. The zero-order valence-electron chi connectivity index (χ0n) is 23.9. The van der Waals surface area contributed by atoms with Crippen molar-refractivity contribution in [2.24, 2.45) is 5.92 Å². The summed E-state index contributed by atoms with van der Waals surface area (Å²) in [4.78, 5) is 31.6. The molecule has 10 heteroatoms. The summed E-state index contributed by atoms with van der Waals surface area (Å²) in [5, 5.41) is 7.16. The summed E-state index contributed by atoms with van der Waals surface area (Å²) in [6, 6.07) is 17.4. The van der Waals surface area contributed by atoms with Gasteiger partial charge in [0.15, 0.2) is 17.0 Å². The number of urea groups is 1. The van der Waals surface area contributed by atoms with E-state index in [1.165, 1.54) is 24.8 Å². The molecule has 4 aromatic rings. The monoisotopic (exact) mass is 574 g/mol. The van der Waals surface area contributed by atoms with Gasteiger partial charge in [0.1, 0.15) is 0 Å². The molecule has 0 radical (unpaired) electrons. The molecular formula is C31H39ClN8O. The van der Waals surface area contributed by atoms with E-state index in [1.807, 2.05) is 41.6 Å². The molecule has 1 aliphatic heterocycles. The number of amides is 2. The van der Waals surface area contributed by atoms with Crippen LogP contribution in [0.2, 0.25) is 5.02 Å². The summed E-state index contributed by atoms with van der Waals surface area (Å²) in [6.07, 6.45) is 6.60. The summed E-state index contributed by atoms with van der Waals surface area (Å²) >= 11 is 6.08. The Bertz CT molecular complexity index is 1430. The second-order valence-electron chi connectivity index (χ2n) is 10.6. The zero-order chi connectivity index (χ0) is 28.6. The van der Waals surface area contributed by atoms with Gasteiger partial charge in [0, 0.05) is 43.4 Å². The maximum absolute atomic E-state index is 12.9. The number of imidazole rings is 1. The van der Waals surface area contributed by atoms with Crippen molar-refractivity contribution in [1.82, 2.24) is 24.4 Å². The van der Waals surface area contributed by atoms with Crippen LogP contribution in [0.3, 0.4) is 0 Å². The van der Waals surface area contributed by atoms with Crippen LogP contribution >= 0.6 is 11.6 Å². The van der Waals surface area contributed by atoms with Crippen molar-refractivity contribution in [1.29, 1.82) is 0 Å². The normalized spacial score (nSPS) is 14.3. The molecule has 41 heavy (non-hydrogen) atoms. The van der Waals surface area contributed by atoms with Gasteiger partial charge in [-0.05, 0) is 36.1 Å². The molecule has 0 saturated carbocycles. The lowest BCUT2D eigenvalue weighted by Crippen LogP contribution is -2.50. The van der Waals surface area contributed by atoms with E-state index in [2.05, 4.69) is 46.1 Å². The Morgan fingerprint density at radius 3 is 2.56 bits per heavy atom. The fraction of sp³-hybridized carbons (Fsp3) is 0.419. The Labute approximate surface area is 246 Å². The number of aromatic nitrogens is 4. The Morgan fingerprint density at radius 2 is 1.83 bits per heavy atom. The summed E-state index contributed by atoms with van der Waals surface area (Å²) in [5.74, 6) is 2.01. The van der Waals surface area contributed by atoms with Gasteiger partial charge in [-0.25, -0.2) is 9.78 Å². The molecule has 2 amide bonds. The predicted molar refractivity (Wildman–Crippen MR) is 167 cm³/mol. The van der Waals surface area contributed by atoms with Crippen molar-refractivity contribution in [2.75, 3.05) is 48.3 Å². The number of carbonyl (C=O) groups excluding carboxylic acids is 1. The third-order valence-electron chi connectivity index (χ3n) is 7.67. The first-order valence-electron chi connectivity index (χ1n) is 14.6. The second kappa shape index (κ2) is 13.7. The van der Waals surface area contributed by atoms with E-state index in [0.29, 0.717) is 55.3 Å². The molecule has 1 unspecified atom stereocenters. The molecule has 216 valence electrons. The number of nitrogens with zero attached hydrogens (tertiary/aromatic N) is 6. The number of anilines is 3. The number of nitrogens with one attached hydrogen (secondary N) is 2. The molecule has 0 spiro atoms. The third kappa shape index (κ3) is 7.27. The highest BCUT2D eigenvalue weighted by molar-refractivity contribution is 6.30. The standard InChI is InChI=1S/C31H39ClN8O/c1-3-5-10-23(4-2)20-33-28-27-29(40(22-34-27)21-24-11-7-6-8-12-24)37-30(36-28)38-15-17-39(18-16-38)31(41)35-26-14-9-13-25(32)19-26/h6-9,11-14,19,22-23H,3-5,10,15-18,20-21H2,1-2H3,(H,35,41)(H,33,36,37). The molecule has 5 rings (SSSR count). The molecule has 2 N–H and O–H groups in total. The van der Waals surface area contributed by atoms with Crippen molar-refractivity contribution in [3.63, 3.8) is 0 Å². The first kappa shape index (κ1) is 28.7. The highest BCUT2D eigenvalue weighted by atomic mass is 35.5.